The average Bonchev–Trinajstić information content (AvgIpc) is 2.79. The predicted molar refractivity (Wildman–Crippen MR) is 123 cm³/mol. The van der Waals surface area contributed by atoms with Gasteiger partial charge in [0.15, 0.2) is 0 Å². The molecule has 3 aromatic carbocycles. The van der Waals surface area contributed by atoms with Gasteiger partial charge in [0.2, 0.25) is 0 Å². The van der Waals surface area contributed by atoms with Crippen LogP contribution in [0.4, 0.5) is 21.6 Å². The first kappa shape index (κ1) is 25.3. The fraction of sp³-hybridized carbons (Fsp3) is 0.0417. The van der Waals surface area contributed by atoms with Crippen LogP contribution in [-0.2, 0) is 11.4 Å². The first-order chi connectivity index (χ1) is 15.5. The summed E-state index contributed by atoms with van der Waals surface area (Å²) in [6.07, 6.45) is 2.58. The number of nitrogens with zero attached hydrogens (tertiary/aromatic N) is 3. The Labute approximate surface area is 237 Å². The van der Waals surface area contributed by atoms with Gasteiger partial charge in [-0.15, -0.1) is 5.69 Å². The number of anilines is 2. The number of carbonyl (C=O) groups is 1. The molecule has 0 unspecified atom stereocenters. The Kier molecular flexibility index (Phi) is 8.96. The molecule has 0 aliphatic heterocycles. The quantitative estimate of drug-likeness (QED) is 0.320. The molecule has 0 saturated heterocycles. The molecule has 1 amide bonds. The van der Waals surface area contributed by atoms with Gasteiger partial charge in [0.05, 0.1) is 16.4 Å². The molecule has 0 atom stereocenters. The molecule has 4 rings (SSSR count). The minimum absolute atomic E-state index is 0. The fourth-order valence-corrected chi connectivity index (χ4v) is 3.24. The number of hydrogen-bond acceptors (Lipinski definition) is 5. The molecule has 160 valence electrons. The summed E-state index contributed by atoms with van der Waals surface area (Å²) in [5.74, 6) is 0.246. The van der Waals surface area contributed by atoms with Crippen molar-refractivity contribution in [2.45, 2.75) is 6.61 Å². The normalized spacial score (nSPS) is 10.2. The van der Waals surface area contributed by atoms with Gasteiger partial charge in [0.1, 0.15) is 30.3 Å². The van der Waals surface area contributed by atoms with E-state index in [1.807, 2.05) is 0 Å². The van der Waals surface area contributed by atoms with Crippen LogP contribution in [0.3, 0.4) is 0 Å². The largest absolute Gasteiger partial charge is 1.00 e. The van der Waals surface area contributed by atoms with Crippen molar-refractivity contribution in [3.05, 3.63) is 101 Å². The molecule has 1 aromatic heterocycles. The number of carbonyl (C=O) groups excluding carboxylic acids is 1. The molecule has 1 N–H and O–H groups in total. The number of fused-ring (bicyclic) bond motifs is 1. The maximum absolute atomic E-state index is 13.3. The van der Waals surface area contributed by atoms with Crippen molar-refractivity contribution >= 4 is 45.6 Å². The molecule has 33 heavy (non-hydrogen) atoms. The van der Waals surface area contributed by atoms with Gasteiger partial charge in [-0.05, 0) is 48.0 Å². The van der Waals surface area contributed by atoms with Crippen molar-refractivity contribution in [1.82, 2.24) is 9.97 Å². The third-order valence-corrected chi connectivity index (χ3v) is 4.81. The second-order valence-electron chi connectivity index (χ2n) is 6.77. The first-order valence-electron chi connectivity index (χ1n) is 9.58. The molecule has 0 aliphatic rings. The summed E-state index contributed by atoms with van der Waals surface area (Å²) in [5.41, 5.74) is 2.54. The van der Waals surface area contributed by atoms with Crippen LogP contribution in [0.2, 0.25) is 5.02 Å². The third-order valence-electron chi connectivity index (χ3n) is 4.51. The summed E-state index contributed by atoms with van der Waals surface area (Å²) in [6, 6.07) is 16.6. The van der Waals surface area contributed by atoms with Crippen LogP contribution >= 0.6 is 11.6 Å². The zero-order chi connectivity index (χ0) is 22.5. The minimum atomic E-state index is -0.434. The number of benzene rings is 3. The molecule has 6 nitrogen and oxygen atoms in total. The Bertz CT molecular complexity index is 1320. The van der Waals surface area contributed by atoms with Gasteiger partial charge < -0.3 is 20.2 Å². The number of halogens is 2. The first-order valence-corrected chi connectivity index (χ1v) is 9.96. The maximum Gasteiger partial charge on any atom is 1.00 e. The molecule has 4 aromatic rings. The Morgan fingerprint density at radius 2 is 2.00 bits per heavy atom. The van der Waals surface area contributed by atoms with Gasteiger partial charge in [0, 0.05) is 11.1 Å². The van der Waals surface area contributed by atoms with E-state index in [4.69, 9.17) is 16.3 Å². The SMILES string of the molecule is C=CC(=O)[N-]c1ccc2ncnc(Nc3ccc(OCc4cccc(F)c4)c(Cl)c3)c2c1.[K+]. The molecular weight excluding hydrogens is 470 g/mol. The van der Waals surface area contributed by atoms with Crippen molar-refractivity contribution in [1.29, 1.82) is 0 Å². The smallest absolute Gasteiger partial charge is 0.623 e. The van der Waals surface area contributed by atoms with Crippen LogP contribution in [0.15, 0.2) is 79.6 Å². The second-order valence-corrected chi connectivity index (χ2v) is 7.17. The molecule has 0 bridgehead atoms. The molecule has 1 heterocycles. The van der Waals surface area contributed by atoms with Crippen LogP contribution in [0.25, 0.3) is 16.2 Å². The van der Waals surface area contributed by atoms with Crippen molar-refractivity contribution in [2.75, 3.05) is 5.32 Å². The minimum Gasteiger partial charge on any atom is -0.623 e. The molecule has 9 heteroatoms. The number of nitrogens with one attached hydrogen (secondary N) is 1. The molecule has 0 saturated carbocycles. The van der Waals surface area contributed by atoms with E-state index in [1.165, 1.54) is 18.5 Å². The molecule has 0 aliphatic carbocycles. The van der Waals surface area contributed by atoms with Gasteiger partial charge in [-0.25, -0.2) is 14.4 Å². The maximum atomic E-state index is 13.3. The van der Waals surface area contributed by atoms with Crippen molar-refractivity contribution in [3.63, 3.8) is 0 Å². The predicted octanol–water partition coefficient (Wildman–Crippen LogP) is 3.47. The second kappa shape index (κ2) is 11.7. The average molecular weight is 487 g/mol. The van der Waals surface area contributed by atoms with Gasteiger partial charge in [-0.3, -0.25) is 0 Å². The molecule has 0 radical (unpaired) electrons. The van der Waals surface area contributed by atoms with Crippen molar-refractivity contribution in [3.8, 4) is 5.75 Å². The summed E-state index contributed by atoms with van der Waals surface area (Å²) in [4.78, 5) is 20.1. The van der Waals surface area contributed by atoms with Gasteiger partial charge in [-0.2, -0.15) is 0 Å². The van der Waals surface area contributed by atoms with Crippen LogP contribution in [0, 0.1) is 5.82 Å². The zero-order valence-corrected chi connectivity index (χ0v) is 21.6. The Morgan fingerprint density at radius 3 is 2.76 bits per heavy atom. The third kappa shape index (κ3) is 6.60. The number of rotatable bonds is 7. The number of ether oxygens (including phenoxy) is 1. The van der Waals surface area contributed by atoms with E-state index in [0.717, 1.165) is 6.08 Å². The zero-order valence-electron chi connectivity index (χ0n) is 17.8. The summed E-state index contributed by atoms with van der Waals surface area (Å²) in [5, 5.41) is 8.23. The summed E-state index contributed by atoms with van der Waals surface area (Å²) < 4.78 is 19.0. The summed E-state index contributed by atoms with van der Waals surface area (Å²) in [6.45, 7) is 3.61. The Balaban J connectivity index is 0.00000306. The Morgan fingerprint density at radius 1 is 1.15 bits per heavy atom. The van der Waals surface area contributed by atoms with E-state index in [-0.39, 0.29) is 63.8 Å². The summed E-state index contributed by atoms with van der Waals surface area (Å²) in [7, 11) is 0. The number of hydrogen-bond donors (Lipinski definition) is 1. The fourth-order valence-electron chi connectivity index (χ4n) is 3.01. The van der Waals surface area contributed by atoms with Gasteiger partial charge in [0.25, 0.3) is 0 Å². The van der Waals surface area contributed by atoms with Crippen LogP contribution < -0.4 is 61.4 Å². The number of amides is 1. The van der Waals surface area contributed by atoms with Gasteiger partial charge >= 0.3 is 51.4 Å². The van der Waals surface area contributed by atoms with E-state index >= 15 is 0 Å². The number of aromatic nitrogens is 2. The molecule has 0 spiro atoms. The topological polar surface area (TPSA) is 78.2 Å². The van der Waals surface area contributed by atoms with Crippen LogP contribution in [0.5, 0.6) is 5.75 Å². The molecular formula is C24H17ClFKN4O2. The van der Waals surface area contributed by atoms with E-state index in [1.54, 1.807) is 48.5 Å². The van der Waals surface area contributed by atoms with Crippen molar-refractivity contribution < 1.29 is 65.3 Å². The van der Waals surface area contributed by atoms with E-state index < -0.39 is 5.91 Å². The van der Waals surface area contributed by atoms with E-state index in [9.17, 15) is 9.18 Å². The molecule has 0 fully saturated rings. The van der Waals surface area contributed by atoms with E-state index in [2.05, 4.69) is 27.2 Å². The Hall–Kier alpha value is -2.33. The summed E-state index contributed by atoms with van der Waals surface area (Å²) >= 11 is 6.38. The van der Waals surface area contributed by atoms with Gasteiger partial charge in [-0.1, -0.05) is 42.4 Å². The van der Waals surface area contributed by atoms with Crippen molar-refractivity contribution in [2.24, 2.45) is 0 Å². The van der Waals surface area contributed by atoms with E-state index in [0.29, 0.717) is 44.4 Å². The van der Waals surface area contributed by atoms with Crippen LogP contribution in [0.1, 0.15) is 5.56 Å². The standard InChI is InChI=1S/C24H18ClFN4O2.K/c1-2-23(31)29-17-6-8-21-19(11-17)24(28-14-27-21)30-18-7-9-22(20(25)12-18)32-13-15-4-3-5-16(26)10-15;/h2-12,14H,1,13H2,(H2,27,28,29,30,31);/q;+1/p-1. The monoisotopic (exact) mass is 486 g/mol. The van der Waals surface area contributed by atoms with Crippen LogP contribution in [-0.4, -0.2) is 15.9 Å².